The lowest BCUT2D eigenvalue weighted by Crippen LogP contribution is -2.57. The maximum absolute atomic E-state index is 6.85. The van der Waals surface area contributed by atoms with Crippen LogP contribution in [0.4, 0.5) is 17.1 Å². The summed E-state index contributed by atoms with van der Waals surface area (Å²) in [6, 6.07) is 40.0. The highest BCUT2D eigenvalue weighted by atomic mass is 16.3. The molecule has 0 radical (unpaired) electrons. The summed E-state index contributed by atoms with van der Waals surface area (Å²) in [5, 5.41) is 2.36. The van der Waals surface area contributed by atoms with Crippen LogP contribution in [0.3, 0.4) is 0 Å². The Hall–Kier alpha value is -5.48. The lowest BCUT2D eigenvalue weighted by Gasteiger charge is -2.45. The summed E-state index contributed by atoms with van der Waals surface area (Å²) in [5.41, 5.74) is 24.8. The van der Waals surface area contributed by atoms with E-state index in [9.17, 15) is 0 Å². The van der Waals surface area contributed by atoms with E-state index in [1.807, 2.05) is 0 Å². The number of anilines is 3. The number of fused-ring (bicyclic) bond motifs is 13. The second kappa shape index (κ2) is 10.8. The molecular weight excluding hydrogens is 703 g/mol. The van der Waals surface area contributed by atoms with Crippen molar-refractivity contribution in [1.82, 2.24) is 4.48 Å². The largest absolute Gasteiger partial charge is 0.454 e. The molecule has 12 rings (SSSR count). The highest BCUT2D eigenvalue weighted by Crippen LogP contribution is 2.55. The molecule has 4 heteroatoms. The van der Waals surface area contributed by atoms with Crippen LogP contribution in [-0.4, -0.2) is 11.3 Å². The number of benzene rings is 6. The molecule has 4 heterocycles. The average Bonchev–Trinajstić information content (AvgIpc) is 3.80. The van der Waals surface area contributed by atoms with E-state index in [-0.39, 0.29) is 28.5 Å². The van der Waals surface area contributed by atoms with Crippen molar-refractivity contribution in [3.63, 3.8) is 0 Å². The van der Waals surface area contributed by atoms with E-state index in [1.54, 1.807) is 0 Å². The molecule has 4 aliphatic rings. The van der Waals surface area contributed by atoms with Gasteiger partial charge in [-0.05, 0) is 133 Å². The number of nitrogens with zero attached hydrogens (tertiary/aromatic N) is 2. The van der Waals surface area contributed by atoms with Crippen LogP contribution in [0, 0.1) is 6.92 Å². The number of aromatic nitrogens is 1. The van der Waals surface area contributed by atoms with Gasteiger partial charge in [0.1, 0.15) is 5.58 Å². The van der Waals surface area contributed by atoms with Crippen LogP contribution in [-0.2, 0) is 21.7 Å². The molecule has 2 aromatic heterocycles. The normalized spacial score (nSPS) is 17.7. The van der Waals surface area contributed by atoms with E-state index in [2.05, 4.69) is 182 Å². The summed E-state index contributed by atoms with van der Waals surface area (Å²) in [4.78, 5) is 2.70. The zero-order chi connectivity index (χ0) is 40.0. The zero-order valence-electron chi connectivity index (χ0n) is 35.6. The van der Waals surface area contributed by atoms with E-state index in [0.29, 0.717) is 0 Å². The Labute approximate surface area is 342 Å². The van der Waals surface area contributed by atoms with Crippen molar-refractivity contribution in [1.29, 1.82) is 0 Å². The maximum atomic E-state index is 6.85. The molecule has 0 bridgehead atoms. The van der Waals surface area contributed by atoms with E-state index in [0.717, 1.165) is 11.2 Å². The second-order valence-electron chi connectivity index (χ2n) is 20.9. The van der Waals surface area contributed by atoms with Crippen LogP contribution in [0.15, 0.2) is 108 Å². The fourth-order valence-corrected chi connectivity index (χ4v) is 11.7. The molecule has 0 atom stereocenters. The SMILES string of the molecule is Cc1cc2c(cc1N1c3cc4c(cc3B3c5c(cc(C(C)(C)C)cc51)-c1cccc5c6oc7ccccc7c6n3c15)C(C)(C)c1ccccc1-4)C(C)(C)CCC2(C)C. The smallest absolute Gasteiger partial charge is 0.333 e. The topological polar surface area (TPSA) is 21.3 Å². The minimum atomic E-state index is -0.140. The minimum absolute atomic E-state index is 0.0562. The zero-order valence-corrected chi connectivity index (χ0v) is 35.6. The number of rotatable bonds is 1. The Bertz CT molecular complexity index is 3160. The van der Waals surface area contributed by atoms with Gasteiger partial charge in [0.2, 0.25) is 0 Å². The Kier molecular flexibility index (Phi) is 6.41. The molecule has 3 nitrogen and oxygen atoms in total. The summed E-state index contributed by atoms with van der Waals surface area (Å²) in [7, 11) is 0. The van der Waals surface area contributed by atoms with Crippen molar-refractivity contribution in [3.8, 4) is 22.3 Å². The second-order valence-corrected chi connectivity index (χ2v) is 20.9. The average molecular weight is 755 g/mol. The minimum Gasteiger partial charge on any atom is -0.454 e. The van der Waals surface area contributed by atoms with Crippen LogP contribution in [0.2, 0.25) is 0 Å². The van der Waals surface area contributed by atoms with Crippen LogP contribution >= 0.6 is 0 Å². The van der Waals surface area contributed by atoms with Gasteiger partial charge in [-0.1, -0.05) is 129 Å². The first-order valence-corrected chi connectivity index (χ1v) is 21.4. The lowest BCUT2D eigenvalue weighted by molar-refractivity contribution is 0.332. The van der Waals surface area contributed by atoms with Gasteiger partial charge in [-0.2, -0.15) is 0 Å². The summed E-state index contributed by atoms with van der Waals surface area (Å²) < 4.78 is 9.53. The van der Waals surface area contributed by atoms with E-state index < -0.39 is 0 Å². The molecule has 286 valence electrons. The molecule has 0 N–H and O–H groups in total. The van der Waals surface area contributed by atoms with Crippen molar-refractivity contribution >= 4 is 67.8 Å². The molecule has 6 aromatic carbocycles. The van der Waals surface area contributed by atoms with Crippen molar-refractivity contribution in [2.24, 2.45) is 0 Å². The Morgan fingerprint density at radius 2 is 1.28 bits per heavy atom. The number of aryl methyl sites for hydroxylation is 1. The highest BCUT2D eigenvalue weighted by Gasteiger charge is 2.47. The molecule has 0 saturated heterocycles. The molecule has 0 spiro atoms. The molecule has 0 unspecified atom stereocenters. The number of para-hydroxylation sites is 2. The van der Waals surface area contributed by atoms with Gasteiger partial charge in [0.15, 0.2) is 5.58 Å². The molecule has 0 amide bonds. The van der Waals surface area contributed by atoms with E-state index in [4.69, 9.17) is 4.42 Å². The summed E-state index contributed by atoms with van der Waals surface area (Å²) in [6.45, 7) is 24.1. The van der Waals surface area contributed by atoms with Gasteiger partial charge in [-0.3, -0.25) is 0 Å². The van der Waals surface area contributed by atoms with Crippen LogP contribution in [0.25, 0.3) is 55.2 Å². The monoisotopic (exact) mass is 754 g/mol. The van der Waals surface area contributed by atoms with Gasteiger partial charge in [-0.25, -0.2) is 0 Å². The first-order chi connectivity index (χ1) is 27.6. The first kappa shape index (κ1) is 34.6. The third-order valence-corrected chi connectivity index (χ3v) is 15.1. The van der Waals surface area contributed by atoms with Gasteiger partial charge < -0.3 is 13.8 Å². The fraction of sp³-hybridized carbons (Fsp3) is 0.296. The number of furan rings is 1. The first-order valence-electron chi connectivity index (χ1n) is 21.4. The molecule has 2 aliphatic carbocycles. The van der Waals surface area contributed by atoms with Crippen LogP contribution < -0.4 is 15.8 Å². The van der Waals surface area contributed by atoms with Crippen LogP contribution in [0.1, 0.15) is 109 Å². The van der Waals surface area contributed by atoms with Gasteiger partial charge >= 0.3 is 6.85 Å². The van der Waals surface area contributed by atoms with Crippen molar-refractivity contribution in [2.45, 2.75) is 104 Å². The Balaban J connectivity index is 1.27. The van der Waals surface area contributed by atoms with Crippen LogP contribution in [0.5, 0.6) is 0 Å². The third kappa shape index (κ3) is 4.21. The molecule has 0 saturated carbocycles. The molecule has 58 heavy (non-hydrogen) atoms. The van der Waals surface area contributed by atoms with Crippen molar-refractivity contribution in [3.05, 3.63) is 137 Å². The quantitative estimate of drug-likeness (QED) is 0.156. The molecular formula is C54H51BN2O. The number of hydrogen-bond donors (Lipinski definition) is 0. The van der Waals surface area contributed by atoms with Gasteiger partial charge in [0.05, 0.1) is 5.52 Å². The lowest BCUT2D eigenvalue weighted by atomic mass is 9.44. The summed E-state index contributed by atoms with van der Waals surface area (Å²) >= 11 is 0. The number of hydrogen-bond acceptors (Lipinski definition) is 2. The van der Waals surface area contributed by atoms with E-state index >= 15 is 0 Å². The summed E-state index contributed by atoms with van der Waals surface area (Å²) in [5.74, 6) is 0. The summed E-state index contributed by atoms with van der Waals surface area (Å²) in [6.07, 6.45) is 2.38. The Morgan fingerprint density at radius 3 is 2.05 bits per heavy atom. The van der Waals surface area contributed by atoms with Crippen molar-refractivity contribution in [2.75, 3.05) is 4.90 Å². The molecule has 8 aromatic rings. The highest BCUT2D eigenvalue weighted by molar-refractivity contribution is 6.90. The predicted molar refractivity (Wildman–Crippen MR) is 246 cm³/mol. The third-order valence-electron chi connectivity index (χ3n) is 15.1. The van der Waals surface area contributed by atoms with Gasteiger partial charge in [0.25, 0.3) is 0 Å². The van der Waals surface area contributed by atoms with Gasteiger partial charge in [-0.15, -0.1) is 0 Å². The van der Waals surface area contributed by atoms with Gasteiger partial charge in [0, 0.05) is 44.3 Å². The maximum Gasteiger partial charge on any atom is 0.333 e. The fourth-order valence-electron chi connectivity index (χ4n) is 11.7. The van der Waals surface area contributed by atoms with Crippen molar-refractivity contribution < 1.29 is 4.42 Å². The standard InChI is InChI=1S/C54H51BN2O/c1-30-24-40-41(53(7,8)23-22-52(40,5)6)29-43(30)56-44-27-36-32-16-11-13-20-38(32)54(9,10)39(36)28-42(44)55-47-37(25-31(26-45(47)56)51(2,3)4)33-18-15-19-35-48(33)57(55)49-34-17-12-14-21-46(34)58-50(35)49/h11-21,24-29H,22-23H2,1-10H3. The predicted octanol–water partition coefficient (Wildman–Crippen LogP) is 13.2. The van der Waals surface area contributed by atoms with E-state index in [1.165, 1.54) is 118 Å². The molecule has 2 aliphatic heterocycles. The Morgan fingerprint density at radius 1 is 0.586 bits per heavy atom. The molecule has 0 fully saturated rings.